The van der Waals surface area contributed by atoms with Crippen LogP contribution in [0.15, 0.2) is 27.1 Å². The molecule has 2 nitrogen and oxygen atoms in total. The second kappa shape index (κ2) is 6.38. The Kier molecular flexibility index (Phi) is 6.44. The number of benzene rings is 1. The Hall–Kier alpha value is 0.180. The average Bonchev–Trinajstić information content (AvgIpc) is 2.12. The third-order valence-corrected chi connectivity index (χ3v) is 2.86. The lowest BCUT2D eigenvalue weighted by atomic mass is 10.0. The summed E-state index contributed by atoms with van der Waals surface area (Å²) in [4.78, 5) is 0. The van der Waals surface area contributed by atoms with Crippen molar-refractivity contribution in [2.45, 2.75) is 18.3 Å². The Bertz CT molecular complexity index is 369. The molecule has 0 saturated heterocycles. The van der Waals surface area contributed by atoms with Crippen molar-refractivity contribution in [3.63, 3.8) is 0 Å². The van der Waals surface area contributed by atoms with Gasteiger partial charge in [-0.1, -0.05) is 31.9 Å². The van der Waals surface area contributed by atoms with Gasteiger partial charge in [-0.25, -0.2) is 0 Å². The van der Waals surface area contributed by atoms with E-state index in [1.807, 2.05) is 0 Å². The molecule has 0 spiro atoms. The maximum Gasteiger partial charge on any atom is 0.416 e. The van der Waals surface area contributed by atoms with Crippen molar-refractivity contribution in [1.82, 2.24) is 0 Å². The summed E-state index contributed by atoms with van der Waals surface area (Å²) in [6.45, 7) is 0. The van der Waals surface area contributed by atoms with Gasteiger partial charge in [-0.05, 0) is 23.8 Å². The van der Waals surface area contributed by atoms with Gasteiger partial charge < -0.3 is 10.8 Å². The van der Waals surface area contributed by atoms with Crippen molar-refractivity contribution in [2.75, 3.05) is 0 Å². The molecule has 0 saturated carbocycles. The Balaban J connectivity index is 0.00000256. The number of hydrogen-bond donors (Lipinski definition) is 2. The Labute approximate surface area is 119 Å². The van der Waals surface area contributed by atoms with Crippen LogP contribution in [0.3, 0.4) is 0 Å². The van der Waals surface area contributed by atoms with E-state index >= 15 is 0 Å². The lowest BCUT2D eigenvalue weighted by Gasteiger charge is -2.22. The van der Waals surface area contributed by atoms with Crippen molar-refractivity contribution in [3.05, 3.63) is 32.7 Å². The lowest BCUT2D eigenvalue weighted by Crippen LogP contribution is -2.38. The first kappa shape index (κ1) is 17.2. The van der Waals surface area contributed by atoms with Crippen LogP contribution < -0.4 is 5.73 Å². The zero-order chi connectivity index (χ0) is 12.5. The van der Waals surface area contributed by atoms with Crippen LogP contribution in [0.5, 0.6) is 0 Å². The molecule has 0 aliphatic rings. The molecule has 0 aliphatic carbocycles. The highest BCUT2D eigenvalue weighted by Crippen LogP contribution is 2.31. The van der Waals surface area contributed by atoms with Gasteiger partial charge in [0, 0.05) is 8.95 Å². The van der Waals surface area contributed by atoms with E-state index in [0.29, 0.717) is 8.95 Å². The number of aliphatic hydroxyl groups is 1. The molecule has 3 N–H and O–H groups in total. The fourth-order valence-electron chi connectivity index (χ4n) is 1.15. The molecule has 0 heterocycles. The predicted molar refractivity (Wildman–Crippen MR) is 68.1 cm³/mol. The maximum atomic E-state index is 12.2. The van der Waals surface area contributed by atoms with Gasteiger partial charge in [0.1, 0.15) is 0 Å². The van der Waals surface area contributed by atoms with E-state index in [2.05, 4.69) is 31.9 Å². The van der Waals surface area contributed by atoms with Crippen LogP contribution in [0.2, 0.25) is 0 Å². The molecule has 0 aliphatic heterocycles. The lowest BCUT2D eigenvalue weighted by molar-refractivity contribution is -0.210. The van der Waals surface area contributed by atoms with E-state index < -0.39 is 18.3 Å². The number of alkyl halides is 3. The fourth-order valence-corrected chi connectivity index (χ4v) is 2.48. The molecule has 0 aromatic heterocycles. The van der Waals surface area contributed by atoms with Crippen molar-refractivity contribution < 1.29 is 18.3 Å². The van der Waals surface area contributed by atoms with Gasteiger partial charge in [-0.3, -0.25) is 0 Å². The number of hydrogen-bond acceptors (Lipinski definition) is 2. The summed E-state index contributed by atoms with van der Waals surface area (Å²) < 4.78 is 37.9. The van der Waals surface area contributed by atoms with Crippen LogP contribution in [0.4, 0.5) is 13.2 Å². The highest BCUT2D eigenvalue weighted by Gasteiger charge is 2.42. The van der Waals surface area contributed by atoms with Gasteiger partial charge in [0.25, 0.3) is 0 Å². The van der Waals surface area contributed by atoms with Gasteiger partial charge >= 0.3 is 6.18 Å². The SMILES string of the molecule is Cl.N[C@@H](c1cc(Br)cc(Br)c1)[C@H](O)C(F)(F)F. The minimum Gasteiger partial charge on any atom is -0.382 e. The molecule has 98 valence electrons. The molecule has 1 rings (SSSR count). The van der Waals surface area contributed by atoms with Crippen LogP contribution in [-0.4, -0.2) is 17.4 Å². The van der Waals surface area contributed by atoms with Crippen LogP contribution in [0.25, 0.3) is 0 Å². The monoisotopic (exact) mass is 397 g/mol. The molecule has 0 amide bonds. The van der Waals surface area contributed by atoms with E-state index in [9.17, 15) is 13.2 Å². The number of rotatable bonds is 2. The predicted octanol–water partition coefficient (Wildman–Crippen LogP) is 3.56. The fraction of sp³-hybridized carbons (Fsp3) is 0.333. The second-order valence-electron chi connectivity index (χ2n) is 3.22. The zero-order valence-corrected chi connectivity index (χ0v) is 12.2. The van der Waals surface area contributed by atoms with Gasteiger partial charge in [0.05, 0.1) is 6.04 Å². The van der Waals surface area contributed by atoms with Gasteiger partial charge in [-0.15, -0.1) is 12.4 Å². The molecule has 0 fully saturated rings. The Morgan fingerprint density at radius 2 is 1.53 bits per heavy atom. The van der Waals surface area contributed by atoms with Gasteiger partial charge in [0.15, 0.2) is 6.10 Å². The first-order valence-electron chi connectivity index (χ1n) is 4.18. The largest absolute Gasteiger partial charge is 0.416 e. The molecule has 1 aromatic rings. The molecule has 0 unspecified atom stereocenters. The molecular formula is C9H9Br2ClF3NO. The van der Waals surface area contributed by atoms with Crippen molar-refractivity contribution in [2.24, 2.45) is 5.73 Å². The van der Waals surface area contributed by atoms with Crippen molar-refractivity contribution >= 4 is 44.3 Å². The van der Waals surface area contributed by atoms with Crippen LogP contribution in [0.1, 0.15) is 11.6 Å². The first-order chi connectivity index (χ1) is 7.21. The number of halogens is 6. The quantitative estimate of drug-likeness (QED) is 0.799. The van der Waals surface area contributed by atoms with E-state index in [4.69, 9.17) is 10.8 Å². The number of aliphatic hydroxyl groups excluding tert-OH is 1. The summed E-state index contributed by atoms with van der Waals surface area (Å²) in [5, 5.41) is 9.01. The average molecular weight is 399 g/mol. The zero-order valence-electron chi connectivity index (χ0n) is 8.21. The van der Waals surface area contributed by atoms with E-state index in [1.54, 1.807) is 6.07 Å². The summed E-state index contributed by atoms with van der Waals surface area (Å²) in [6.07, 6.45) is -7.30. The van der Waals surface area contributed by atoms with E-state index in [0.717, 1.165) is 0 Å². The van der Waals surface area contributed by atoms with Gasteiger partial charge in [-0.2, -0.15) is 13.2 Å². The summed E-state index contributed by atoms with van der Waals surface area (Å²) in [7, 11) is 0. The van der Waals surface area contributed by atoms with Gasteiger partial charge in [0.2, 0.25) is 0 Å². The first-order valence-corrected chi connectivity index (χ1v) is 5.77. The highest BCUT2D eigenvalue weighted by molar-refractivity contribution is 9.11. The van der Waals surface area contributed by atoms with E-state index in [-0.39, 0.29) is 18.0 Å². The highest BCUT2D eigenvalue weighted by atomic mass is 79.9. The maximum absolute atomic E-state index is 12.2. The molecule has 1 aromatic carbocycles. The molecule has 8 heteroatoms. The topological polar surface area (TPSA) is 46.2 Å². The third kappa shape index (κ3) is 4.75. The van der Waals surface area contributed by atoms with Crippen molar-refractivity contribution in [3.8, 4) is 0 Å². The summed E-state index contributed by atoms with van der Waals surface area (Å²) in [5.41, 5.74) is 5.55. The van der Waals surface area contributed by atoms with Crippen LogP contribution in [0, 0.1) is 0 Å². The number of nitrogens with two attached hydrogens (primary N) is 1. The normalized spacial score (nSPS) is 15.0. The molecular weight excluding hydrogens is 390 g/mol. The Morgan fingerprint density at radius 1 is 1.12 bits per heavy atom. The minimum atomic E-state index is -4.73. The molecule has 0 radical (unpaired) electrons. The summed E-state index contributed by atoms with van der Waals surface area (Å²) in [6, 6.07) is 3.03. The minimum absolute atomic E-state index is 0. The molecule has 0 bridgehead atoms. The standard InChI is InChI=1S/C9H8Br2F3NO.ClH/c10-5-1-4(2-6(11)3-5)7(15)8(16)9(12,13)14;/h1-3,7-8,16H,15H2;1H/t7-,8-;/m0./s1. The summed E-state index contributed by atoms with van der Waals surface area (Å²) in [5.74, 6) is 0. The van der Waals surface area contributed by atoms with Crippen LogP contribution in [-0.2, 0) is 0 Å². The van der Waals surface area contributed by atoms with E-state index in [1.165, 1.54) is 12.1 Å². The molecule has 2 atom stereocenters. The Morgan fingerprint density at radius 3 is 1.88 bits per heavy atom. The van der Waals surface area contributed by atoms with Crippen LogP contribution >= 0.6 is 44.3 Å². The summed E-state index contributed by atoms with van der Waals surface area (Å²) >= 11 is 6.26. The second-order valence-corrected chi connectivity index (χ2v) is 5.05. The third-order valence-electron chi connectivity index (χ3n) is 1.95. The molecule has 17 heavy (non-hydrogen) atoms. The van der Waals surface area contributed by atoms with Crippen molar-refractivity contribution in [1.29, 1.82) is 0 Å². The smallest absolute Gasteiger partial charge is 0.382 e.